The van der Waals surface area contributed by atoms with E-state index in [0.717, 1.165) is 12.4 Å². The van der Waals surface area contributed by atoms with Crippen molar-refractivity contribution < 1.29 is 5.11 Å². The first-order valence-electron chi connectivity index (χ1n) is 10.3. The molecule has 156 valence electrons. The van der Waals surface area contributed by atoms with Crippen LogP contribution >= 0.6 is 0 Å². The quantitative estimate of drug-likeness (QED) is 0.585. The number of aliphatic hydroxyl groups is 1. The highest BCUT2D eigenvalue weighted by Gasteiger charge is 2.25. The number of anilines is 1. The van der Waals surface area contributed by atoms with Crippen LogP contribution in [0.5, 0.6) is 0 Å². The van der Waals surface area contributed by atoms with E-state index in [1.54, 1.807) is 13.8 Å². The van der Waals surface area contributed by atoms with Crippen molar-refractivity contribution in [1.29, 1.82) is 0 Å². The Kier molecular flexibility index (Phi) is 5.55. The summed E-state index contributed by atoms with van der Waals surface area (Å²) in [6.07, 6.45) is 0. The van der Waals surface area contributed by atoms with Crippen LogP contribution in [0, 0.1) is 0 Å². The van der Waals surface area contributed by atoms with Crippen LogP contribution in [-0.4, -0.2) is 56.4 Å². The van der Waals surface area contributed by atoms with E-state index in [4.69, 9.17) is 0 Å². The number of nitrogens with zero attached hydrogens (tertiary/aromatic N) is 4. The lowest BCUT2D eigenvalue weighted by molar-refractivity contribution is 0.0585. The third-order valence-corrected chi connectivity index (χ3v) is 5.16. The number of aromatic nitrogens is 3. The lowest BCUT2D eigenvalue weighted by Gasteiger charge is -2.27. The van der Waals surface area contributed by atoms with Gasteiger partial charge in [0.1, 0.15) is 5.82 Å². The summed E-state index contributed by atoms with van der Waals surface area (Å²) in [7, 11) is 0. The van der Waals surface area contributed by atoms with Gasteiger partial charge in [-0.2, -0.15) is 4.98 Å². The van der Waals surface area contributed by atoms with Gasteiger partial charge in [0, 0.05) is 19.0 Å². The van der Waals surface area contributed by atoms with Gasteiger partial charge < -0.3 is 10.0 Å². The van der Waals surface area contributed by atoms with Gasteiger partial charge in [0.2, 0.25) is 11.9 Å². The van der Waals surface area contributed by atoms with Crippen molar-refractivity contribution in [2.24, 2.45) is 4.99 Å². The molecule has 30 heavy (non-hydrogen) atoms. The highest BCUT2D eigenvalue weighted by atomic mass is 16.3. The zero-order valence-electron chi connectivity index (χ0n) is 17.6. The van der Waals surface area contributed by atoms with Crippen LogP contribution in [0.1, 0.15) is 38.1 Å². The minimum atomic E-state index is -0.794. The van der Waals surface area contributed by atoms with Gasteiger partial charge in [-0.15, -0.1) is 5.10 Å². The number of guanidine groups is 1. The zero-order chi connectivity index (χ0) is 21.1. The van der Waals surface area contributed by atoms with Crippen LogP contribution in [0.4, 0.5) is 5.95 Å². The van der Waals surface area contributed by atoms with Gasteiger partial charge in [0.25, 0.3) is 0 Å². The number of rotatable bonds is 6. The number of aliphatic imine (C=N–C) groups is 1. The Morgan fingerprint density at radius 2 is 1.80 bits per heavy atom. The molecule has 0 spiro atoms. The molecule has 0 aliphatic carbocycles. The summed E-state index contributed by atoms with van der Waals surface area (Å²) >= 11 is 0. The molecule has 0 radical (unpaired) electrons. The number of hydrogen-bond acceptors (Lipinski definition) is 6. The fraction of sp³-hybridized carbons (Fsp3) is 0.348. The maximum atomic E-state index is 10.1. The van der Waals surface area contributed by atoms with Crippen LogP contribution in [-0.2, 0) is 0 Å². The second-order valence-corrected chi connectivity index (χ2v) is 8.32. The van der Waals surface area contributed by atoms with Crippen LogP contribution < -0.4 is 5.32 Å². The molecular weight excluding hydrogens is 376 g/mol. The Bertz CT molecular complexity index is 1000. The molecule has 1 unspecified atom stereocenters. The summed E-state index contributed by atoms with van der Waals surface area (Å²) < 4.78 is 0. The lowest BCUT2D eigenvalue weighted by atomic mass is 9.97. The highest BCUT2D eigenvalue weighted by molar-refractivity contribution is 5.93. The topological polar surface area (TPSA) is 89.4 Å². The molecular formula is C23H28N6O. The first kappa shape index (κ1) is 20.1. The molecule has 1 aromatic heterocycles. The summed E-state index contributed by atoms with van der Waals surface area (Å²) in [6.45, 7) is 7.65. The average Bonchev–Trinajstić information content (AvgIpc) is 3.37. The van der Waals surface area contributed by atoms with Crippen LogP contribution in [0.25, 0.3) is 11.1 Å². The number of β-amino-alcohol motifs (C(OH)–C–C–N with tert-alkyl or cyclic N) is 1. The Labute approximate surface area is 176 Å². The van der Waals surface area contributed by atoms with Gasteiger partial charge in [-0.3, -0.25) is 15.4 Å². The zero-order valence-corrected chi connectivity index (χ0v) is 17.6. The predicted octanol–water partition coefficient (Wildman–Crippen LogP) is 3.48. The third kappa shape index (κ3) is 4.68. The summed E-state index contributed by atoms with van der Waals surface area (Å²) in [5, 5.41) is 20.6. The van der Waals surface area contributed by atoms with Crippen LogP contribution in [0.2, 0.25) is 0 Å². The van der Waals surface area contributed by atoms with Gasteiger partial charge in [-0.25, -0.2) is 0 Å². The van der Waals surface area contributed by atoms with E-state index in [1.165, 1.54) is 16.7 Å². The first-order valence-corrected chi connectivity index (χ1v) is 10.3. The Morgan fingerprint density at radius 1 is 1.10 bits per heavy atom. The van der Waals surface area contributed by atoms with Crippen molar-refractivity contribution in [2.75, 3.05) is 25.0 Å². The second kappa shape index (κ2) is 8.28. The van der Waals surface area contributed by atoms with E-state index < -0.39 is 5.60 Å². The van der Waals surface area contributed by atoms with Gasteiger partial charge in [0.05, 0.1) is 12.1 Å². The molecule has 0 bridgehead atoms. The number of nitrogens with one attached hydrogen (secondary N) is 2. The van der Waals surface area contributed by atoms with E-state index in [9.17, 15) is 5.11 Å². The van der Waals surface area contributed by atoms with Gasteiger partial charge in [-0.05, 0) is 30.5 Å². The molecule has 2 heterocycles. The minimum Gasteiger partial charge on any atom is -0.389 e. The Morgan fingerprint density at radius 3 is 2.50 bits per heavy atom. The molecule has 1 aliphatic heterocycles. The van der Waals surface area contributed by atoms with E-state index >= 15 is 0 Å². The Hall–Kier alpha value is -3.19. The maximum absolute atomic E-state index is 10.1. The summed E-state index contributed by atoms with van der Waals surface area (Å²) in [5.41, 5.74) is 2.77. The van der Waals surface area contributed by atoms with E-state index in [-0.39, 0.29) is 5.92 Å². The SMILES string of the molecule is CC(c1ccc(-c2ccccc2)cc1)c1nc(NC2=NCCN2CC(C)(C)O)n[nH]1. The number of benzene rings is 2. The van der Waals surface area contributed by atoms with Gasteiger partial charge >= 0.3 is 0 Å². The monoisotopic (exact) mass is 404 g/mol. The molecule has 4 rings (SSSR count). The first-order chi connectivity index (χ1) is 14.4. The van der Waals surface area contributed by atoms with Crippen molar-refractivity contribution in [3.63, 3.8) is 0 Å². The molecule has 1 atom stereocenters. The molecule has 0 saturated heterocycles. The van der Waals surface area contributed by atoms with Crippen molar-refractivity contribution >= 4 is 11.9 Å². The summed E-state index contributed by atoms with van der Waals surface area (Å²) in [6, 6.07) is 18.9. The average molecular weight is 405 g/mol. The van der Waals surface area contributed by atoms with Gasteiger partial charge in [-0.1, -0.05) is 61.5 Å². The van der Waals surface area contributed by atoms with Crippen molar-refractivity contribution in [2.45, 2.75) is 32.3 Å². The Balaban J connectivity index is 1.43. The van der Waals surface area contributed by atoms with E-state index in [2.05, 4.69) is 68.8 Å². The number of hydrogen-bond donors (Lipinski definition) is 3. The van der Waals surface area contributed by atoms with Crippen molar-refractivity contribution in [3.8, 4) is 11.1 Å². The van der Waals surface area contributed by atoms with Crippen LogP contribution in [0.15, 0.2) is 59.6 Å². The number of H-pyrrole nitrogens is 1. The summed E-state index contributed by atoms with van der Waals surface area (Å²) in [4.78, 5) is 11.1. The smallest absolute Gasteiger partial charge is 0.248 e. The molecule has 7 heteroatoms. The van der Waals surface area contributed by atoms with Crippen LogP contribution in [0.3, 0.4) is 0 Å². The molecule has 0 fully saturated rings. The van der Waals surface area contributed by atoms with Crippen molar-refractivity contribution in [1.82, 2.24) is 20.1 Å². The third-order valence-electron chi connectivity index (χ3n) is 5.16. The largest absolute Gasteiger partial charge is 0.389 e. The summed E-state index contributed by atoms with van der Waals surface area (Å²) in [5.74, 6) is 2.05. The molecule has 0 amide bonds. The normalized spacial score (nSPS) is 15.2. The van der Waals surface area contributed by atoms with E-state index in [0.29, 0.717) is 25.0 Å². The molecule has 3 aromatic rings. The second-order valence-electron chi connectivity index (χ2n) is 8.32. The molecule has 2 aromatic carbocycles. The minimum absolute atomic E-state index is 0.0795. The molecule has 0 saturated carbocycles. The molecule has 7 nitrogen and oxygen atoms in total. The van der Waals surface area contributed by atoms with E-state index in [1.807, 2.05) is 23.1 Å². The van der Waals surface area contributed by atoms with Crippen molar-refractivity contribution in [3.05, 3.63) is 66.0 Å². The maximum Gasteiger partial charge on any atom is 0.248 e. The van der Waals surface area contributed by atoms with Gasteiger partial charge in [0.15, 0.2) is 0 Å². The standard InChI is InChI=1S/C23H28N6O/c1-16(17-9-11-19(12-10-17)18-7-5-4-6-8-18)20-25-21(28-27-20)26-22-24-13-14-29(22)15-23(2,3)30/h4-12,16,30H,13-15H2,1-3H3,(H2,24,25,26,27,28). The molecule has 1 aliphatic rings. The predicted molar refractivity (Wildman–Crippen MR) is 120 cm³/mol. The lowest BCUT2D eigenvalue weighted by Crippen LogP contribution is -2.43. The fourth-order valence-electron chi connectivity index (χ4n) is 3.60. The highest BCUT2D eigenvalue weighted by Crippen LogP contribution is 2.26. The fourth-order valence-corrected chi connectivity index (χ4v) is 3.60. The number of aromatic amines is 1. The molecule has 3 N–H and O–H groups in total.